The summed E-state index contributed by atoms with van der Waals surface area (Å²) in [6.45, 7) is 3.73. The van der Waals surface area contributed by atoms with E-state index in [9.17, 15) is 9.59 Å². The van der Waals surface area contributed by atoms with E-state index in [0.29, 0.717) is 21.7 Å². The minimum absolute atomic E-state index is 0.0519. The van der Waals surface area contributed by atoms with Crippen LogP contribution in [0.15, 0.2) is 51.9 Å². The van der Waals surface area contributed by atoms with E-state index in [0.717, 1.165) is 16.1 Å². The highest BCUT2D eigenvalue weighted by molar-refractivity contribution is 7.15. The van der Waals surface area contributed by atoms with E-state index in [1.165, 1.54) is 16.2 Å². The summed E-state index contributed by atoms with van der Waals surface area (Å²) in [6, 6.07) is 8.29. The van der Waals surface area contributed by atoms with Crippen molar-refractivity contribution in [1.29, 1.82) is 0 Å². The summed E-state index contributed by atoms with van der Waals surface area (Å²) in [4.78, 5) is 32.2. The molecule has 7 nitrogen and oxygen atoms in total. The molecule has 0 fully saturated rings. The number of rotatable bonds is 2. The molecule has 0 spiro atoms. The van der Waals surface area contributed by atoms with Crippen LogP contribution in [-0.4, -0.2) is 21.1 Å². The number of carbonyl (C=O) groups excluding carboxylic acids is 1. The van der Waals surface area contributed by atoms with Crippen LogP contribution in [0, 0.1) is 13.8 Å². The molecule has 0 saturated heterocycles. The molecule has 5 rings (SSSR count). The van der Waals surface area contributed by atoms with Crippen LogP contribution in [0.25, 0.3) is 11.0 Å². The zero-order chi connectivity index (χ0) is 19.4. The molecule has 0 radical (unpaired) electrons. The third-order valence-corrected chi connectivity index (χ3v) is 5.61. The fourth-order valence-electron chi connectivity index (χ4n) is 3.53. The molecule has 1 aliphatic heterocycles. The molecule has 1 aromatic carbocycles. The molecular formula is C20H14N4O3S. The molecule has 1 unspecified atom stereocenters. The van der Waals surface area contributed by atoms with Gasteiger partial charge in [-0.2, -0.15) is 0 Å². The summed E-state index contributed by atoms with van der Waals surface area (Å²) in [5.74, 6) is -0.344. The lowest BCUT2D eigenvalue weighted by Gasteiger charge is -2.21. The van der Waals surface area contributed by atoms with Gasteiger partial charge in [-0.15, -0.1) is 10.2 Å². The largest absolute Gasteiger partial charge is 0.450 e. The Hall–Kier alpha value is -3.39. The molecule has 4 aromatic rings. The number of hydrogen-bond donors (Lipinski definition) is 0. The van der Waals surface area contributed by atoms with E-state index in [1.807, 2.05) is 19.9 Å². The van der Waals surface area contributed by atoms with Crippen molar-refractivity contribution in [1.82, 2.24) is 15.2 Å². The van der Waals surface area contributed by atoms with Gasteiger partial charge in [0.15, 0.2) is 5.43 Å². The van der Waals surface area contributed by atoms with E-state index in [4.69, 9.17) is 4.42 Å². The number of hydrogen-bond acceptors (Lipinski definition) is 7. The highest BCUT2D eigenvalue weighted by Crippen LogP contribution is 2.41. The molecule has 28 heavy (non-hydrogen) atoms. The summed E-state index contributed by atoms with van der Waals surface area (Å²) in [5.41, 5.74) is 2.21. The monoisotopic (exact) mass is 390 g/mol. The zero-order valence-electron chi connectivity index (χ0n) is 15.0. The Bertz CT molecular complexity index is 1300. The SMILES string of the molecule is Cc1ccc2oc3c(c(=O)c2c1)C(c1ccncc1)N(c1nnc(C)s1)C3=O. The number of anilines is 1. The number of amides is 1. The first-order valence-electron chi connectivity index (χ1n) is 8.65. The van der Waals surface area contributed by atoms with Crippen molar-refractivity contribution in [3.05, 3.63) is 80.4 Å². The van der Waals surface area contributed by atoms with Crippen LogP contribution in [0.5, 0.6) is 0 Å². The number of pyridine rings is 1. The maximum absolute atomic E-state index is 13.4. The first-order chi connectivity index (χ1) is 13.5. The van der Waals surface area contributed by atoms with Gasteiger partial charge in [0.05, 0.1) is 17.0 Å². The zero-order valence-corrected chi connectivity index (χ0v) is 15.9. The first kappa shape index (κ1) is 16.8. The Morgan fingerprint density at radius 1 is 1.07 bits per heavy atom. The molecule has 138 valence electrons. The predicted molar refractivity (Wildman–Crippen MR) is 105 cm³/mol. The van der Waals surface area contributed by atoms with Crippen LogP contribution in [-0.2, 0) is 0 Å². The average Bonchev–Trinajstić information content (AvgIpc) is 3.24. The second kappa shape index (κ2) is 6.07. The van der Waals surface area contributed by atoms with Crippen molar-refractivity contribution in [2.75, 3.05) is 4.90 Å². The van der Waals surface area contributed by atoms with Crippen LogP contribution in [0.3, 0.4) is 0 Å². The molecule has 3 aromatic heterocycles. The quantitative estimate of drug-likeness (QED) is 0.521. The van der Waals surface area contributed by atoms with Crippen molar-refractivity contribution in [3.8, 4) is 0 Å². The lowest BCUT2D eigenvalue weighted by molar-refractivity contribution is 0.0970. The average molecular weight is 390 g/mol. The number of nitrogens with zero attached hydrogens (tertiary/aromatic N) is 4. The Balaban J connectivity index is 1.84. The number of aromatic nitrogens is 3. The summed E-state index contributed by atoms with van der Waals surface area (Å²) >= 11 is 1.29. The maximum Gasteiger partial charge on any atom is 0.297 e. The summed E-state index contributed by atoms with van der Waals surface area (Å²) in [6.07, 6.45) is 3.27. The van der Waals surface area contributed by atoms with E-state index < -0.39 is 11.9 Å². The summed E-state index contributed by atoms with van der Waals surface area (Å²) in [7, 11) is 0. The van der Waals surface area contributed by atoms with Crippen LogP contribution in [0.4, 0.5) is 5.13 Å². The van der Waals surface area contributed by atoms with Crippen molar-refractivity contribution in [2.24, 2.45) is 0 Å². The molecular weight excluding hydrogens is 376 g/mol. The van der Waals surface area contributed by atoms with Crippen molar-refractivity contribution in [2.45, 2.75) is 19.9 Å². The molecule has 8 heteroatoms. The summed E-state index contributed by atoms with van der Waals surface area (Å²) in [5, 5.41) is 9.78. The van der Waals surface area contributed by atoms with Crippen molar-refractivity contribution >= 4 is 33.3 Å². The molecule has 0 saturated carbocycles. The van der Waals surface area contributed by atoms with Crippen molar-refractivity contribution in [3.63, 3.8) is 0 Å². The Morgan fingerprint density at radius 3 is 2.57 bits per heavy atom. The van der Waals surface area contributed by atoms with Crippen LogP contribution in [0.2, 0.25) is 0 Å². The van der Waals surface area contributed by atoms with Gasteiger partial charge in [-0.25, -0.2) is 0 Å². The standard InChI is InChI=1S/C20H14N4O3S/c1-10-3-4-14-13(9-10)17(25)15-16(12-5-7-21-8-6-12)24(19(26)18(15)27-14)20-23-22-11(2)28-20/h3-9,16H,1-2H3. The van der Waals surface area contributed by atoms with Crippen molar-refractivity contribution < 1.29 is 9.21 Å². The molecule has 1 aliphatic rings. The fourth-order valence-corrected chi connectivity index (χ4v) is 4.24. The van der Waals surface area contributed by atoms with Gasteiger partial charge in [-0.3, -0.25) is 19.5 Å². The Kier molecular flexibility index (Phi) is 3.63. The number of fused-ring (bicyclic) bond motifs is 2. The summed E-state index contributed by atoms with van der Waals surface area (Å²) < 4.78 is 5.91. The van der Waals surface area contributed by atoms with Crippen LogP contribution in [0.1, 0.15) is 38.3 Å². The highest BCUT2D eigenvalue weighted by atomic mass is 32.1. The number of benzene rings is 1. The van der Waals surface area contributed by atoms with Gasteiger partial charge < -0.3 is 4.42 Å². The van der Waals surface area contributed by atoms with Gasteiger partial charge in [-0.1, -0.05) is 23.0 Å². The molecule has 4 heterocycles. The van der Waals surface area contributed by atoms with Gasteiger partial charge in [0, 0.05) is 12.4 Å². The topological polar surface area (TPSA) is 89.2 Å². The predicted octanol–water partition coefficient (Wildman–Crippen LogP) is 3.41. The lowest BCUT2D eigenvalue weighted by Crippen LogP contribution is -2.29. The normalized spacial score (nSPS) is 16.0. The fraction of sp³-hybridized carbons (Fsp3) is 0.150. The Morgan fingerprint density at radius 2 is 1.86 bits per heavy atom. The number of aryl methyl sites for hydroxylation is 2. The molecule has 0 N–H and O–H groups in total. The highest BCUT2D eigenvalue weighted by Gasteiger charge is 2.45. The Labute approximate surface area is 163 Å². The van der Waals surface area contributed by atoms with E-state index in [1.54, 1.807) is 36.7 Å². The van der Waals surface area contributed by atoms with Crippen LogP contribution >= 0.6 is 11.3 Å². The minimum Gasteiger partial charge on any atom is -0.450 e. The van der Waals surface area contributed by atoms with E-state index in [-0.39, 0.29) is 11.2 Å². The molecule has 0 aliphatic carbocycles. The molecule has 1 atom stereocenters. The number of carbonyl (C=O) groups is 1. The second-order valence-corrected chi connectivity index (χ2v) is 7.80. The third kappa shape index (κ3) is 2.38. The molecule has 1 amide bonds. The first-order valence-corrected chi connectivity index (χ1v) is 9.47. The lowest BCUT2D eigenvalue weighted by atomic mass is 9.99. The minimum atomic E-state index is -0.640. The van der Waals surface area contributed by atoms with Gasteiger partial charge in [0.2, 0.25) is 10.9 Å². The molecule has 0 bridgehead atoms. The van der Waals surface area contributed by atoms with E-state index in [2.05, 4.69) is 15.2 Å². The van der Waals surface area contributed by atoms with Gasteiger partial charge in [-0.05, 0) is 43.7 Å². The van der Waals surface area contributed by atoms with Gasteiger partial charge in [0.25, 0.3) is 5.91 Å². The van der Waals surface area contributed by atoms with E-state index >= 15 is 0 Å². The smallest absolute Gasteiger partial charge is 0.297 e. The maximum atomic E-state index is 13.4. The van der Waals surface area contributed by atoms with Gasteiger partial charge in [0.1, 0.15) is 10.6 Å². The van der Waals surface area contributed by atoms with Gasteiger partial charge >= 0.3 is 0 Å². The third-order valence-electron chi connectivity index (χ3n) is 4.77. The second-order valence-electron chi connectivity index (χ2n) is 6.64. The van der Waals surface area contributed by atoms with Crippen LogP contribution < -0.4 is 10.3 Å².